The van der Waals surface area contributed by atoms with Gasteiger partial charge in [-0.25, -0.2) is 9.97 Å². The average molecular weight is 280 g/mol. The van der Waals surface area contributed by atoms with Gasteiger partial charge in [0.25, 0.3) is 0 Å². The van der Waals surface area contributed by atoms with Crippen molar-refractivity contribution >= 4 is 17.4 Å². The molecule has 1 aromatic rings. The molecular weight excluding hydrogens is 258 g/mol. The molecular formula is C15H22ClN3. The van der Waals surface area contributed by atoms with Crippen molar-refractivity contribution in [2.24, 2.45) is 0 Å². The summed E-state index contributed by atoms with van der Waals surface area (Å²) in [5.74, 6) is 1.95. The van der Waals surface area contributed by atoms with Gasteiger partial charge in [0, 0.05) is 29.7 Å². The molecule has 19 heavy (non-hydrogen) atoms. The Hall–Kier alpha value is -0.830. The Balaban J connectivity index is 1.91. The molecule has 1 aliphatic heterocycles. The fourth-order valence-electron chi connectivity index (χ4n) is 3.46. The molecule has 0 amide bonds. The summed E-state index contributed by atoms with van der Waals surface area (Å²) < 4.78 is 0. The second-order valence-corrected chi connectivity index (χ2v) is 6.03. The van der Waals surface area contributed by atoms with Crippen LogP contribution in [0.1, 0.15) is 49.8 Å². The van der Waals surface area contributed by atoms with Gasteiger partial charge in [-0.2, -0.15) is 0 Å². The zero-order valence-electron chi connectivity index (χ0n) is 11.4. The van der Waals surface area contributed by atoms with Crippen LogP contribution in [0.5, 0.6) is 0 Å². The lowest BCUT2D eigenvalue weighted by atomic mass is 9.94. The highest BCUT2D eigenvalue weighted by molar-refractivity contribution is 6.17. The molecule has 1 fully saturated rings. The molecule has 1 aromatic heterocycles. The van der Waals surface area contributed by atoms with Crippen LogP contribution in [0.25, 0.3) is 0 Å². The third-order valence-electron chi connectivity index (χ3n) is 4.44. The Bertz CT molecular complexity index is 433. The highest BCUT2D eigenvalue weighted by Gasteiger charge is 2.27. The minimum absolute atomic E-state index is 0.576. The van der Waals surface area contributed by atoms with E-state index in [1.807, 2.05) is 0 Å². The summed E-state index contributed by atoms with van der Waals surface area (Å²) in [6.07, 6.45) is 11.5. The van der Waals surface area contributed by atoms with E-state index in [2.05, 4.69) is 14.9 Å². The van der Waals surface area contributed by atoms with Gasteiger partial charge in [0.1, 0.15) is 12.1 Å². The van der Waals surface area contributed by atoms with E-state index in [4.69, 9.17) is 11.6 Å². The molecule has 3 nitrogen and oxygen atoms in total. The van der Waals surface area contributed by atoms with Gasteiger partial charge in [0.15, 0.2) is 0 Å². The summed E-state index contributed by atoms with van der Waals surface area (Å²) in [7, 11) is 0. The van der Waals surface area contributed by atoms with Crippen molar-refractivity contribution < 1.29 is 0 Å². The van der Waals surface area contributed by atoms with Crippen LogP contribution in [-0.2, 0) is 12.8 Å². The van der Waals surface area contributed by atoms with Gasteiger partial charge in [0.05, 0.1) is 0 Å². The summed E-state index contributed by atoms with van der Waals surface area (Å²) in [5, 5.41) is 0. The molecule has 0 saturated carbocycles. The third-order valence-corrected chi connectivity index (χ3v) is 4.66. The van der Waals surface area contributed by atoms with Gasteiger partial charge >= 0.3 is 0 Å². The topological polar surface area (TPSA) is 29.0 Å². The number of alkyl halides is 1. The molecule has 1 saturated heterocycles. The Morgan fingerprint density at radius 1 is 1.16 bits per heavy atom. The van der Waals surface area contributed by atoms with Crippen molar-refractivity contribution in [2.75, 3.05) is 17.3 Å². The van der Waals surface area contributed by atoms with Gasteiger partial charge in [-0.1, -0.05) is 0 Å². The van der Waals surface area contributed by atoms with Crippen LogP contribution in [0.4, 0.5) is 5.82 Å². The second kappa shape index (κ2) is 6.08. The lowest BCUT2D eigenvalue weighted by molar-refractivity contribution is 0.445. The van der Waals surface area contributed by atoms with Crippen LogP contribution in [-0.4, -0.2) is 28.4 Å². The SMILES string of the molecule is ClCCC1CCCCN1c1ncnc2c1CCCC2. The van der Waals surface area contributed by atoms with Crippen LogP contribution < -0.4 is 4.90 Å². The quantitative estimate of drug-likeness (QED) is 0.795. The number of halogens is 1. The number of rotatable bonds is 3. The van der Waals surface area contributed by atoms with E-state index in [0.29, 0.717) is 6.04 Å². The van der Waals surface area contributed by atoms with E-state index < -0.39 is 0 Å². The van der Waals surface area contributed by atoms with Gasteiger partial charge in [0.2, 0.25) is 0 Å². The van der Waals surface area contributed by atoms with E-state index in [1.165, 1.54) is 49.2 Å². The Labute approximate surface area is 120 Å². The number of aryl methyl sites for hydroxylation is 1. The normalized spacial score (nSPS) is 23.2. The summed E-state index contributed by atoms with van der Waals surface area (Å²) in [4.78, 5) is 11.6. The first kappa shape index (κ1) is 13.2. The molecule has 1 aliphatic carbocycles. The van der Waals surface area contributed by atoms with Crippen LogP contribution in [0.15, 0.2) is 6.33 Å². The van der Waals surface area contributed by atoms with Crippen molar-refractivity contribution in [2.45, 2.75) is 57.4 Å². The number of anilines is 1. The fraction of sp³-hybridized carbons (Fsp3) is 0.733. The first-order valence-corrected chi connectivity index (χ1v) is 8.09. The molecule has 4 heteroatoms. The minimum atomic E-state index is 0.576. The highest BCUT2D eigenvalue weighted by atomic mass is 35.5. The van der Waals surface area contributed by atoms with Crippen LogP contribution >= 0.6 is 11.6 Å². The average Bonchev–Trinajstić information content (AvgIpc) is 2.48. The van der Waals surface area contributed by atoms with Crippen molar-refractivity contribution in [1.82, 2.24) is 9.97 Å². The van der Waals surface area contributed by atoms with Gasteiger partial charge < -0.3 is 4.90 Å². The van der Waals surface area contributed by atoms with Crippen LogP contribution in [0.3, 0.4) is 0 Å². The van der Waals surface area contributed by atoms with Gasteiger partial charge in [-0.15, -0.1) is 11.6 Å². The number of hydrogen-bond donors (Lipinski definition) is 0. The molecule has 3 rings (SSSR count). The zero-order chi connectivity index (χ0) is 13.1. The minimum Gasteiger partial charge on any atom is -0.353 e. The molecule has 0 aromatic carbocycles. The number of fused-ring (bicyclic) bond motifs is 1. The number of aromatic nitrogens is 2. The molecule has 1 atom stereocenters. The maximum Gasteiger partial charge on any atom is 0.135 e. The molecule has 0 spiro atoms. The summed E-state index contributed by atoms with van der Waals surface area (Å²) in [5.41, 5.74) is 2.70. The predicted molar refractivity (Wildman–Crippen MR) is 79.0 cm³/mol. The number of hydrogen-bond acceptors (Lipinski definition) is 3. The smallest absolute Gasteiger partial charge is 0.135 e. The molecule has 2 aliphatic rings. The van der Waals surface area contributed by atoms with E-state index in [-0.39, 0.29) is 0 Å². The standard InChI is InChI=1S/C15H22ClN3/c16-9-8-12-5-3-4-10-19(12)15-13-6-1-2-7-14(13)17-11-18-15/h11-12H,1-10H2. The Morgan fingerprint density at radius 3 is 2.95 bits per heavy atom. The summed E-state index contributed by atoms with van der Waals surface area (Å²) >= 11 is 5.97. The monoisotopic (exact) mass is 279 g/mol. The lowest BCUT2D eigenvalue weighted by Gasteiger charge is -2.38. The summed E-state index contributed by atoms with van der Waals surface area (Å²) in [6.45, 7) is 1.13. The van der Waals surface area contributed by atoms with E-state index in [9.17, 15) is 0 Å². The Morgan fingerprint density at radius 2 is 2.05 bits per heavy atom. The van der Waals surface area contributed by atoms with E-state index in [1.54, 1.807) is 6.33 Å². The maximum absolute atomic E-state index is 5.97. The molecule has 2 heterocycles. The first-order valence-electron chi connectivity index (χ1n) is 7.55. The van der Waals surface area contributed by atoms with Crippen molar-refractivity contribution in [1.29, 1.82) is 0 Å². The number of piperidine rings is 1. The van der Waals surface area contributed by atoms with Crippen LogP contribution in [0, 0.1) is 0 Å². The molecule has 0 bridgehead atoms. The van der Waals surface area contributed by atoms with Crippen molar-refractivity contribution in [3.63, 3.8) is 0 Å². The van der Waals surface area contributed by atoms with Crippen molar-refractivity contribution in [3.05, 3.63) is 17.6 Å². The van der Waals surface area contributed by atoms with E-state index >= 15 is 0 Å². The summed E-state index contributed by atoms with van der Waals surface area (Å²) in [6, 6.07) is 0.576. The number of nitrogens with zero attached hydrogens (tertiary/aromatic N) is 3. The lowest BCUT2D eigenvalue weighted by Crippen LogP contribution is -2.41. The first-order chi connectivity index (χ1) is 9.40. The third kappa shape index (κ3) is 2.71. The zero-order valence-corrected chi connectivity index (χ0v) is 12.2. The predicted octanol–water partition coefficient (Wildman–Crippen LogP) is 3.34. The Kier molecular flexibility index (Phi) is 4.21. The fourth-order valence-corrected chi connectivity index (χ4v) is 3.71. The highest BCUT2D eigenvalue weighted by Crippen LogP contribution is 2.32. The second-order valence-electron chi connectivity index (χ2n) is 5.65. The van der Waals surface area contributed by atoms with Crippen molar-refractivity contribution in [3.8, 4) is 0 Å². The molecule has 1 unspecified atom stereocenters. The maximum atomic E-state index is 5.97. The molecule has 0 N–H and O–H groups in total. The van der Waals surface area contributed by atoms with Gasteiger partial charge in [-0.3, -0.25) is 0 Å². The molecule has 104 valence electrons. The van der Waals surface area contributed by atoms with Crippen LogP contribution in [0.2, 0.25) is 0 Å². The molecule has 0 radical (unpaired) electrons. The largest absolute Gasteiger partial charge is 0.353 e. The van der Waals surface area contributed by atoms with E-state index in [0.717, 1.165) is 31.7 Å². The van der Waals surface area contributed by atoms with Gasteiger partial charge in [-0.05, 0) is 51.4 Å².